The number of anilines is 1. The van der Waals surface area contributed by atoms with Crippen LogP contribution >= 0.6 is 11.6 Å². The number of carboxylic acid groups (broad SMARTS) is 1. The molecular formula is C27H31ClN4O5. The second-order valence-electron chi connectivity index (χ2n) is 9.66. The summed E-state index contributed by atoms with van der Waals surface area (Å²) >= 11 is 6.11. The highest BCUT2D eigenvalue weighted by atomic mass is 35.5. The smallest absolute Gasteiger partial charge is 0.414 e. The summed E-state index contributed by atoms with van der Waals surface area (Å²) in [5.41, 5.74) is 4.11. The number of carbonyl (C=O) groups excluding carboxylic acids is 3. The first kappa shape index (κ1) is 26.5. The lowest BCUT2D eigenvalue weighted by atomic mass is 9.99. The van der Waals surface area contributed by atoms with Crippen LogP contribution in [-0.4, -0.2) is 58.5 Å². The van der Waals surface area contributed by atoms with Crippen molar-refractivity contribution in [3.05, 3.63) is 63.7 Å². The minimum atomic E-state index is -1.45. The Balaban J connectivity index is 1.53. The fraction of sp³-hybridized carbons (Fsp3) is 0.407. The SMILES string of the molecule is CNC(=O)Nc1ccc2c(c1)CC[C@@H]2C(=O)N(CC(=O)N1C(C)CCC1c1ccc(Cl)cc1C)C(=O)O. The number of benzene rings is 2. The van der Waals surface area contributed by atoms with Gasteiger partial charge in [-0.25, -0.2) is 14.5 Å². The van der Waals surface area contributed by atoms with Gasteiger partial charge in [-0.15, -0.1) is 0 Å². The normalized spacial score (nSPS) is 20.3. The lowest BCUT2D eigenvalue weighted by Gasteiger charge is -2.32. The van der Waals surface area contributed by atoms with E-state index in [1.54, 1.807) is 29.2 Å². The number of carbonyl (C=O) groups is 4. The maximum atomic E-state index is 13.5. The Hall–Kier alpha value is -3.59. The van der Waals surface area contributed by atoms with Gasteiger partial charge in [0.05, 0.1) is 12.0 Å². The molecule has 9 nitrogen and oxygen atoms in total. The van der Waals surface area contributed by atoms with Crippen molar-refractivity contribution in [1.82, 2.24) is 15.1 Å². The Morgan fingerprint density at radius 3 is 2.49 bits per heavy atom. The number of urea groups is 1. The van der Waals surface area contributed by atoms with Crippen LogP contribution in [0.15, 0.2) is 36.4 Å². The maximum Gasteiger partial charge on any atom is 0.414 e. The summed E-state index contributed by atoms with van der Waals surface area (Å²) in [6.07, 6.45) is 1.08. The summed E-state index contributed by atoms with van der Waals surface area (Å²) in [7, 11) is 1.51. The molecule has 0 aromatic heterocycles. The highest BCUT2D eigenvalue weighted by Gasteiger charge is 2.40. The van der Waals surface area contributed by atoms with E-state index in [2.05, 4.69) is 10.6 Å². The Labute approximate surface area is 220 Å². The molecule has 0 radical (unpaired) electrons. The molecule has 2 aromatic carbocycles. The zero-order valence-electron chi connectivity index (χ0n) is 21.1. The summed E-state index contributed by atoms with van der Waals surface area (Å²) in [5, 5.41) is 15.7. The van der Waals surface area contributed by atoms with Crippen LogP contribution in [0.5, 0.6) is 0 Å². The highest BCUT2D eigenvalue weighted by Crippen LogP contribution is 2.39. The second kappa shape index (κ2) is 10.8. The Morgan fingerprint density at radius 2 is 1.81 bits per heavy atom. The molecule has 2 aromatic rings. The van der Waals surface area contributed by atoms with E-state index in [0.717, 1.165) is 35.1 Å². The van der Waals surface area contributed by atoms with Crippen molar-refractivity contribution in [2.75, 3.05) is 18.9 Å². The van der Waals surface area contributed by atoms with Gasteiger partial charge in [-0.3, -0.25) is 9.59 Å². The van der Waals surface area contributed by atoms with Crippen LogP contribution < -0.4 is 10.6 Å². The van der Waals surface area contributed by atoms with Gasteiger partial charge >= 0.3 is 12.1 Å². The van der Waals surface area contributed by atoms with E-state index in [-0.39, 0.29) is 18.1 Å². The van der Waals surface area contributed by atoms with E-state index >= 15 is 0 Å². The quantitative estimate of drug-likeness (QED) is 0.522. The second-order valence-corrected chi connectivity index (χ2v) is 10.1. The number of hydrogen-bond donors (Lipinski definition) is 3. The van der Waals surface area contributed by atoms with Gasteiger partial charge in [0, 0.05) is 23.8 Å². The molecule has 2 aliphatic rings. The van der Waals surface area contributed by atoms with Crippen LogP contribution in [-0.2, 0) is 16.0 Å². The van der Waals surface area contributed by atoms with E-state index in [0.29, 0.717) is 28.5 Å². The van der Waals surface area contributed by atoms with Gasteiger partial charge in [-0.2, -0.15) is 0 Å². The van der Waals surface area contributed by atoms with E-state index in [1.165, 1.54) is 7.05 Å². The third kappa shape index (κ3) is 5.41. The molecule has 1 fully saturated rings. The minimum Gasteiger partial charge on any atom is -0.465 e. The third-order valence-corrected chi connectivity index (χ3v) is 7.58. The summed E-state index contributed by atoms with van der Waals surface area (Å²) in [5.74, 6) is -1.68. The molecule has 5 amide bonds. The van der Waals surface area contributed by atoms with Crippen molar-refractivity contribution in [1.29, 1.82) is 0 Å². The lowest BCUT2D eigenvalue weighted by molar-refractivity contribution is -0.141. The summed E-state index contributed by atoms with van der Waals surface area (Å²) in [4.78, 5) is 53.0. The molecule has 10 heteroatoms. The number of rotatable bonds is 5. The molecule has 3 atom stereocenters. The van der Waals surface area contributed by atoms with Crippen LogP contribution in [0.2, 0.25) is 5.02 Å². The van der Waals surface area contributed by atoms with Gasteiger partial charge in [-0.05, 0) is 86.1 Å². The summed E-state index contributed by atoms with van der Waals surface area (Å²) in [6.45, 7) is 3.34. The average Bonchev–Trinajstić information content (AvgIpc) is 3.45. The van der Waals surface area contributed by atoms with Crippen LogP contribution in [0, 0.1) is 6.92 Å². The van der Waals surface area contributed by atoms with Gasteiger partial charge in [0.25, 0.3) is 0 Å². The number of imide groups is 1. The number of hydrogen-bond acceptors (Lipinski definition) is 4. The van der Waals surface area contributed by atoms with E-state index in [9.17, 15) is 24.3 Å². The first-order valence-corrected chi connectivity index (χ1v) is 12.7. The van der Waals surface area contributed by atoms with Crippen LogP contribution in [0.4, 0.5) is 15.3 Å². The molecule has 196 valence electrons. The van der Waals surface area contributed by atoms with Crippen molar-refractivity contribution in [2.45, 2.75) is 57.5 Å². The fourth-order valence-electron chi connectivity index (χ4n) is 5.51. The van der Waals surface area contributed by atoms with Crippen molar-refractivity contribution in [3.8, 4) is 0 Å². The van der Waals surface area contributed by atoms with Gasteiger partial charge in [0.2, 0.25) is 11.8 Å². The zero-order chi connectivity index (χ0) is 26.9. The van der Waals surface area contributed by atoms with E-state index in [1.807, 2.05) is 26.0 Å². The Morgan fingerprint density at radius 1 is 1.08 bits per heavy atom. The van der Waals surface area contributed by atoms with Crippen molar-refractivity contribution in [3.63, 3.8) is 0 Å². The number of fused-ring (bicyclic) bond motifs is 1. The average molecular weight is 527 g/mol. The van der Waals surface area contributed by atoms with Gasteiger partial charge < -0.3 is 20.6 Å². The molecular weight excluding hydrogens is 496 g/mol. The molecule has 1 aliphatic heterocycles. The van der Waals surface area contributed by atoms with Gasteiger partial charge in [0.15, 0.2) is 0 Å². The van der Waals surface area contributed by atoms with Crippen molar-refractivity contribution in [2.24, 2.45) is 0 Å². The van der Waals surface area contributed by atoms with Crippen LogP contribution in [0.25, 0.3) is 0 Å². The van der Waals surface area contributed by atoms with E-state index in [4.69, 9.17) is 11.6 Å². The van der Waals surface area contributed by atoms with Crippen molar-refractivity contribution < 1.29 is 24.3 Å². The molecule has 1 saturated heterocycles. The molecule has 0 spiro atoms. The zero-order valence-corrected chi connectivity index (χ0v) is 21.8. The maximum absolute atomic E-state index is 13.5. The molecule has 0 saturated carbocycles. The van der Waals surface area contributed by atoms with E-state index < -0.39 is 30.4 Å². The van der Waals surface area contributed by atoms with Crippen LogP contribution in [0.1, 0.15) is 60.4 Å². The molecule has 1 heterocycles. The molecule has 37 heavy (non-hydrogen) atoms. The largest absolute Gasteiger partial charge is 0.465 e. The Kier molecular flexibility index (Phi) is 7.73. The number of nitrogens with zero attached hydrogens (tertiary/aromatic N) is 2. The topological polar surface area (TPSA) is 119 Å². The first-order valence-electron chi connectivity index (χ1n) is 12.3. The summed E-state index contributed by atoms with van der Waals surface area (Å²) < 4.78 is 0. The lowest BCUT2D eigenvalue weighted by Crippen LogP contribution is -2.48. The molecule has 0 bridgehead atoms. The molecule has 3 N–H and O–H groups in total. The minimum absolute atomic E-state index is 0.0863. The number of amides is 5. The number of nitrogens with one attached hydrogen (secondary N) is 2. The molecule has 2 unspecified atom stereocenters. The Bertz CT molecular complexity index is 1250. The monoisotopic (exact) mass is 526 g/mol. The standard InChI is InChI=1S/C27H31ClN4O5/c1-15-12-18(28)6-9-20(15)23-11-4-16(2)32(23)24(33)14-31(27(36)37)25(34)22-8-5-17-13-19(7-10-21(17)22)30-26(35)29-3/h6-7,9-10,12-13,16,22-23H,4-5,8,11,14H2,1-3H3,(H,36,37)(H2,29,30,35)/t16?,22-,23?/m0/s1. The number of likely N-dealkylation sites (tertiary alicyclic amines) is 1. The van der Waals surface area contributed by atoms with Crippen LogP contribution in [0.3, 0.4) is 0 Å². The van der Waals surface area contributed by atoms with Gasteiger partial charge in [0.1, 0.15) is 6.54 Å². The predicted octanol–water partition coefficient (Wildman–Crippen LogP) is 4.69. The molecule has 1 aliphatic carbocycles. The predicted molar refractivity (Wildman–Crippen MR) is 140 cm³/mol. The number of aryl methyl sites for hydroxylation is 2. The third-order valence-electron chi connectivity index (χ3n) is 7.34. The van der Waals surface area contributed by atoms with Gasteiger partial charge in [-0.1, -0.05) is 23.7 Å². The first-order chi connectivity index (χ1) is 17.6. The number of halogens is 1. The summed E-state index contributed by atoms with van der Waals surface area (Å²) in [6, 6.07) is 10.1. The fourth-order valence-corrected chi connectivity index (χ4v) is 5.74. The highest BCUT2D eigenvalue weighted by molar-refractivity contribution is 6.30. The molecule has 4 rings (SSSR count). The van der Waals surface area contributed by atoms with Crippen molar-refractivity contribution >= 4 is 41.2 Å².